The van der Waals surface area contributed by atoms with Crippen LogP contribution in [0.5, 0.6) is 5.75 Å². The lowest BCUT2D eigenvalue weighted by Crippen LogP contribution is -2.42. The molecule has 0 saturated heterocycles. The van der Waals surface area contributed by atoms with Crippen LogP contribution in [0, 0.1) is 13.8 Å². The first-order valence-electron chi connectivity index (χ1n) is 10.1. The van der Waals surface area contributed by atoms with Crippen molar-refractivity contribution in [3.05, 3.63) is 59.2 Å². The highest BCUT2D eigenvalue weighted by Gasteiger charge is 2.41. The molecule has 144 valence electrons. The molecule has 0 unspecified atom stereocenters. The highest BCUT2D eigenvalue weighted by Crippen LogP contribution is 2.41. The Morgan fingerprint density at radius 3 is 2.41 bits per heavy atom. The monoisotopic (exact) mass is 365 g/mol. The van der Waals surface area contributed by atoms with Crippen LogP contribution in [-0.4, -0.2) is 12.0 Å². The van der Waals surface area contributed by atoms with Crippen LogP contribution in [0.4, 0.5) is 5.69 Å². The van der Waals surface area contributed by atoms with Gasteiger partial charge in [0.15, 0.2) is 0 Å². The lowest BCUT2D eigenvalue weighted by Gasteiger charge is -2.36. The van der Waals surface area contributed by atoms with E-state index < -0.39 is 5.41 Å². The van der Waals surface area contributed by atoms with E-state index >= 15 is 0 Å². The lowest BCUT2D eigenvalue weighted by molar-refractivity contribution is -0.122. The third-order valence-electron chi connectivity index (χ3n) is 5.51. The molecule has 3 heteroatoms. The van der Waals surface area contributed by atoms with Crippen LogP contribution in [0.1, 0.15) is 62.6 Å². The molecule has 1 aliphatic carbocycles. The first kappa shape index (κ1) is 19.5. The zero-order valence-corrected chi connectivity index (χ0v) is 17.0. The Morgan fingerprint density at radius 1 is 1.04 bits per heavy atom. The van der Waals surface area contributed by atoms with E-state index in [2.05, 4.69) is 36.5 Å². The van der Waals surface area contributed by atoms with Crippen molar-refractivity contribution >= 4 is 11.6 Å². The molecule has 27 heavy (non-hydrogen) atoms. The molecule has 1 N–H and O–H groups in total. The minimum atomic E-state index is -0.425. The molecule has 0 bridgehead atoms. The zero-order valence-electron chi connectivity index (χ0n) is 17.0. The summed E-state index contributed by atoms with van der Waals surface area (Å²) in [6.45, 7) is 8.15. The summed E-state index contributed by atoms with van der Waals surface area (Å²) in [4.78, 5) is 13.4. The van der Waals surface area contributed by atoms with Gasteiger partial charge in [0.05, 0.1) is 11.5 Å². The summed E-state index contributed by atoms with van der Waals surface area (Å²) >= 11 is 0. The number of benzene rings is 2. The van der Waals surface area contributed by atoms with Crippen LogP contribution in [0.3, 0.4) is 0 Å². The van der Waals surface area contributed by atoms with Gasteiger partial charge in [0.2, 0.25) is 5.91 Å². The number of aryl methyl sites for hydroxylation is 2. The largest absolute Gasteiger partial charge is 0.491 e. The van der Waals surface area contributed by atoms with Gasteiger partial charge in [0.25, 0.3) is 0 Å². The van der Waals surface area contributed by atoms with E-state index in [4.69, 9.17) is 4.74 Å². The molecule has 3 rings (SSSR count). The fourth-order valence-electron chi connectivity index (χ4n) is 4.11. The number of nitrogens with one attached hydrogen (secondary N) is 1. The maximum Gasteiger partial charge on any atom is 0.235 e. The molecule has 0 spiro atoms. The minimum absolute atomic E-state index is 0.115. The second-order valence-corrected chi connectivity index (χ2v) is 8.11. The van der Waals surface area contributed by atoms with Crippen LogP contribution < -0.4 is 10.1 Å². The second kappa shape index (κ2) is 8.16. The Hall–Kier alpha value is -2.29. The standard InChI is InChI=1S/C24H31NO2/c1-17(2)27-22-12-11-21(16-19(22)4)25-23(26)24(13-6-5-7-14-24)20-10-8-9-18(3)15-20/h8-12,15-17H,5-7,13-14H2,1-4H3,(H,25,26). The number of hydrogen-bond donors (Lipinski definition) is 1. The van der Waals surface area contributed by atoms with Gasteiger partial charge in [-0.25, -0.2) is 0 Å². The smallest absolute Gasteiger partial charge is 0.235 e. The van der Waals surface area contributed by atoms with E-state index in [-0.39, 0.29) is 12.0 Å². The summed E-state index contributed by atoms with van der Waals surface area (Å²) in [5, 5.41) is 3.20. The molecule has 2 aromatic rings. The van der Waals surface area contributed by atoms with E-state index in [9.17, 15) is 4.79 Å². The molecule has 1 fully saturated rings. The molecule has 1 aliphatic rings. The van der Waals surface area contributed by atoms with Gasteiger partial charge in [-0.05, 0) is 69.9 Å². The summed E-state index contributed by atoms with van der Waals surface area (Å²) in [7, 11) is 0. The Kier molecular flexibility index (Phi) is 5.88. The SMILES string of the molecule is Cc1cccc(C2(C(=O)Nc3ccc(OC(C)C)c(C)c3)CCCCC2)c1. The van der Waals surface area contributed by atoms with Crippen molar-refractivity contribution in [2.45, 2.75) is 71.3 Å². The Balaban J connectivity index is 1.86. The van der Waals surface area contributed by atoms with Crippen molar-refractivity contribution in [1.82, 2.24) is 0 Å². The number of ether oxygens (including phenoxy) is 1. The van der Waals surface area contributed by atoms with Crippen molar-refractivity contribution in [2.75, 3.05) is 5.32 Å². The predicted molar refractivity (Wildman–Crippen MR) is 112 cm³/mol. The maximum absolute atomic E-state index is 13.4. The van der Waals surface area contributed by atoms with E-state index in [0.29, 0.717) is 0 Å². The molecule has 1 saturated carbocycles. The number of carbonyl (C=O) groups is 1. The van der Waals surface area contributed by atoms with Gasteiger partial charge in [-0.3, -0.25) is 4.79 Å². The van der Waals surface area contributed by atoms with Crippen LogP contribution in [-0.2, 0) is 10.2 Å². The molecule has 3 nitrogen and oxygen atoms in total. The van der Waals surface area contributed by atoms with Gasteiger partial charge in [-0.15, -0.1) is 0 Å². The molecule has 0 aromatic heterocycles. The third kappa shape index (κ3) is 4.35. The van der Waals surface area contributed by atoms with E-state index in [1.807, 2.05) is 39.0 Å². The van der Waals surface area contributed by atoms with Gasteiger partial charge in [0.1, 0.15) is 5.75 Å². The highest BCUT2D eigenvalue weighted by molar-refractivity contribution is 5.99. The van der Waals surface area contributed by atoms with Crippen molar-refractivity contribution in [3.8, 4) is 5.75 Å². The van der Waals surface area contributed by atoms with E-state index in [0.717, 1.165) is 48.2 Å². The number of amides is 1. The minimum Gasteiger partial charge on any atom is -0.491 e. The molecule has 1 amide bonds. The predicted octanol–water partition coefficient (Wildman–Crippen LogP) is 5.93. The number of rotatable bonds is 5. The van der Waals surface area contributed by atoms with E-state index in [1.54, 1.807) is 0 Å². The van der Waals surface area contributed by atoms with Gasteiger partial charge in [-0.2, -0.15) is 0 Å². The van der Waals surface area contributed by atoms with Crippen molar-refractivity contribution in [3.63, 3.8) is 0 Å². The average Bonchev–Trinajstić information content (AvgIpc) is 2.64. The maximum atomic E-state index is 13.4. The summed E-state index contributed by atoms with van der Waals surface area (Å²) in [6, 6.07) is 14.3. The molecule has 0 radical (unpaired) electrons. The molecular weight excluding hydrogens is 334 g/mol. The Bertz CT molecular complexity index is 804. The summed E-state index contributed by atoms with van der Waals surface area (Å²) in [6.07, 6.45) is 5.37. The lowest BCUT2D eigenvalue weighted by atomic mass is 9.68. The average molecular weight is 366 g/mol. The Labute approximate surface area is 163 Å². The van der Waals surface area contributed by atoms with Crippen molar-refractivity contribution < 1.29 is 9.53 Å². The van der Waals surface area contributed by atoms with Crippen LogP contribution in [0.2, 0.25) is 0 Å². The first-order chi connectivity index (χ1) is 12.9. The molecule has 0 aliphatic heterocycles. The fourth-order valence-corrected chi connectivity index (χ4v) is 4.11. The van der Waals surface area contributed by atoms with Crippen LogP contribution in [0.25, 0.3) is 0 Å². The van der Waals surface area contributed by atoms with Gasteiger partial charge in [0, 0.05) is 5.69 Å². The van der Waals surface area contributed by atoms with Crippen LogP contribution in [0.15, 0.2) is 42.5 Å². The summed E-state index contributed by atoms with van der Waals surface area (Å²) in [5.74, 6) is 0.985. The summed E-state index contributed by atoms with van der Waals surface area (Å²) < 4.78 is 5.81. The third-order valence-corrected chi connectivity index (χ3v) is 5.51. The number of hydrogen-bond acceptors (Lipinski definition) is 2. The van der Waals surface area contributed by atoms with Crippen molar-refractivity contribution in [1.29, 1.82) is 0 Å². The molecular formula is C24H31NO2. The Morgan fingerprint density at radius 2 is 1.78 bits per heavy atom. The molecule has 0 heterocycles. The highest BCUT2D eigenvalue weighted by atomic mass is 16.5. The van der Waals surface area contributed by atoms with Gasteiger partial charge >= 0.3 is 0 Å². The topological polar surface area (TPSA) is 38.3 Å². The van der Waals surface area contributed by atoms with Crippen LogP contribution >= 0.6 is 0 Å². The van der Waals surface area contributed by atoms with Gasteiger partial charge in [-0.1, -0.05) is 49.1 Å². The van der Waals surface area contributed by atoms with E-state index in [1.165, 1.54) is 12.0 Å². The normalized spacial score (nSPS) is 16.2. The second-order valence-electron chi connectivity index (χ2n) is 8.11. The quantitative estimate of drug-likeness (QED) is 0.713. The van der Waals surface area contributed by atoms with Gasteiger partial charge < -0.3 is 10.1 Å². The fraction of sp³-hybridized carbons (Fsp3) is 0.458. The number of carbonyl (C=O) groups excluding carboxylic acids is 1. The number of anilines is 1. The van der Waals surface area contributed by atoms with Crippen molar-refractivity contribution in [2.24, 2.45) is 0 Å². The first-order valence-corrected chi connectivity index (χ1v) is 10.1. The molecule has 0 atom stereocenters. The molecule has 2 aromatic carbocycles. The zero-order chi connectivity index (χ0) is 19.4. The summed E-state index contributed by atoms with van der Waals surface area (Å²) in [5.41, 5.74) is 3.80.